The number of nitrogen functional groups attached to an aromatic ring is 2. The van der Waals surface area contributed by atoms with E-state index in [-0.39, 0.29) is 11.9 Å². The van der Waals surface area contributed by atoms with Gasteiger partial charge < -0.3 is 40.5 Å². The van der Waals surface area contributed by atoms with Gasteiger partial charge in [0, 0.05) is 57.7 Å². The van der Waals surface area contributed by atoms with Crippen LogP contribution in [0.5, 0.6) is 23.0 Å². The Hall–Kier alpha value is -5.32. The highest BCUT2D eigenvalue weighted by molar-refractivity contribution is 9.10. The molecular formula is C30H30BBrN8O6. The monoisotopic (exact) mass is 688 g/mol. The van der Waals surface area contributed by atoms with E-state index in [1.165, 1.54) is 26.4 Å². The summed E-state index contributed by atoms with van der Waals surface area (Å²) >= 11 is 3.30. The van der Waals surface area contributed by atoms with E-state index in [0.29, 0.717) is 28.3 Å². The normalized spacial score (nSPS) is 10.2. The maximum absolute atomic E-state index is 8.91. The lowest BCUT2D eigenvalue weighted by Gasteiger charge is -2.09. The van der Waals surface area contributed by atoms with Gasteiger partial charge in [-0.3, -0.25) is 0 Å². The molecule has 4 heterocycles. The van der Waals surface area contributed by atoms with E-state index in [4.69, 9.17) is 40.5 Å². The fourth-order valence-electron chi connectivity index (χ4n) is 3.96. The minimum atomic E-state index is -1.51. The van der Waals surface area contributed by atoms with Crippen molar-refractivity contribution in [3.05, 3.63) is 77.8 Å². The predicted octanol–water partition coefficient (Wildman–Crippen LogP) is 3.04. The van der Waals surface area contributed by atoms with Crippen LogP contribution in [0, 0.1) is 0 Å². The van der Waals surface area contributed by atoms with Crippen molar-refractivity contribution in [1.82, 2.24) is 29.9 Å². The Labute approximate surface area is 272 Å². The van der Waals surface area contributed by atoms with Gasteiger partial charge in [-0.25, -0.2) is 19.9 Å². The molecule has 0 aliphatic heterocycles. The number of nitrogens with two attached hydrogens (primary N) is 2. The number of pyridine rings is 2. The Morgan fingerprint density at radius 1 is 0.565 bits per heavy atom. The van der Waals surface area contributed by atoms with Crippen molar-refractivity contribution in [3.8, 4) is 34.1 Å². The van der Waals surface area contributed by atoms with Crippen molar-refractivity contribution < 1.29 is 29.0 Å². The Bertz CT molecular complexity index is 1870. The zero-order valence-corrected chi connectivity index (χ0v) is 26.8. The molecule has 16 heteroatoms. The van der Waals surface area contributed by atoms with Gasteiger partial charge >= 0.3 is 7.12 Å². The Balaban J connectivity index is 0.000000166. The first kappa shape index (κ1) is 33.6. The second-order valence-electron chi connectivity index (χ2n) is 9.28. The number of hydrogen-bond donors (Lipinski definition) is 4. The lowest BCUT2D eigenvalue weighted by atomic mass is 9.80. The summed E-state index contributed by atoms with van der Waals surface area (Å²) in [4.78, 5) is 24.3. The lowest BCUT2D eigenvalue weighted by Crippen LogP contribution is -2.29. The van der Waals surface area contributed by atoms with Gasteiger partial charge in [0.15, 0.2) is 11.3 Å². The molecule has 6 N–H and O–H groups in total. The molecule has 6 aromatic rings. The van der Waals surface area contributed by atoms with Crippen molar-refractivity contribution in [2.45, 2.75) is 0 Å². The molecule has 0 fully saturated rings. The predicted molar refractivity (Wildman–Crippen MR) is 179 cm³/mol. The second kappa shape index (κ2) is 15.6. The fourth-order valence-corrected chi connectivity index (χ4v) is 4.30. The number of nitrogens with zero attached hydrogens (tertiary/aromatic N) is 6. The molecule has 0 unspecified atom stereocenters. The van der Waals surface area contributed by atoms with Gasteiger partial charge in [-0.2, -0.15) is 9.97 Å². The van der Waals surface area contributed by atoms with Crippen LogP contribution in [0.15, 0.2) is 77.8 Å². The van der Waals surface area contributed by atoms with Gasteiger partial charge in [0.05, 0.1) is 28.4 Å². The van der Waals surface area contributed by atoms with E-state index < -0.39 is 7.12 Å². The molecule has 0 spiro atoms. The van der Waals surface area contributed by atoms with Crippen LogP contribution in [-0.2, 0) is 0 Å². The molecule has 0 aliphatic carbocycles. The van der Waals surface area contributed by atoms with E-state index in [9.17, 15) is 0 Å². The quantitative estimate of drug-likeness (QED) is 0.186. The van der Waals surface area contributed by atoms with Crippen molar-refractivity contribution in [1.29, 1.82) is 0 Å². The summed E-state index contributed by atoms with van der Waals surface area (Å²) < 4.78 is 21.4. The van der Waals surface area contributed by atoms with Gasteiger partial charge in [0.25, 0.3) is 0 Å². The minimum absolute atomic E-state index is 0.214. The molecule has 2 aromatic carbocycles. The molecule has 0 atom stereocenters. The number of methoxy groups -OCH3 is 4. The average molecular weight is 689 g/mol. The highest BCUT2D eigenvalue weighted by atomic mass is 79.9. The molecule has 0 bridgehead atoms. The van der Waals surface area contributed by atoms with E-state index in [0.717, 1.165) is 37.9 Å². The maximum atomic E-state index is 8.91. The van der Waals surface area contributed by atoms with E-state index in [2.05, 4.69) is 45.8 Å². The van der Waals surface area contributed by atoms with Gasteiger partial charge in [0.1, 0.15) is 23.0 Å². The number of anilines is 2. The Kier molecular flexibility index (Phi) is 11.4. The van der Waals surface area contributed by atoms with Crippen LogP contribution in [0.3, 0.4) is 0 Å². The summed E-state index contributed by atoms with van der Waals surface area (Å²) in [6.45, 7) is 0. The van der Waals surface area contributed by atoms with Crippen molar-refractivity contribution >= 4 is 62.5 Å². The van der Waals surface area contributed by atoms with Crippen LogP contribution in [-0.4, -0.2) is 75.5 Å². The summed E-state index contributed by atoms with van der Waals surface area (Å²) in [7, 11) is 4.73. The Morgan fingerprint density at radius 2 is 1.02 bits per heavy atom. The number of ether oxygens (including phenoxy) is 4. The molecule has 46 heavy (non-hydrogen) atoms. The molecule has 0 radical (unpaired) electrons. The average Bonchev–Trinajstić information content (AvgIpc) is 3.08. The molecule has 0 saturated heterocycles. The molecule has 14 nitrogen and oxygen atoms in total. The van der Waals surface area contributed by atoms with Gasteiger partial charge in [-0.05, 0) is 63.4 Å². The molecule has 236 valence electrons. The third-order valence-electron chi connectivity index (χ3n) is 6.23. The maximum Gasteiger partial charge on any atom is 0.488 e. The second-order valence-corrected chi connectivity index (χ2v) is 10.2. The van der Waals surface area contributed by atoms with Gasteiger partial charge in [-0.1, -0.05) is 0 Å². The molecule has 0 amide bonds. The highest BCUT2D eigenvalue weighted by Gasteiger charge is 2.13. The third-order valence-corrected chi connectivity index (χ3v) is 6.66. The van der Waals surface area contributed by atoms with Crippen LogP contribution < -0.4 is 35.9 Å². The third kappa shape index (κ3) is 8.87. The number of halogens is 1. The lowest BCUT2D eigenvalue weighted by molar-refractivity contribution is 0.392. The first-order chi connectivity index (χ1) is 22.1. The first-order valence-electron chi connectivity index (χ1n) is 13.4. The summed E-state index contributed by atoms with van der Waals surface area (Å²) in [5.74, 6) is 2.96. The van der Waals surface area contributed by atoms with Crippen molar-refractivity contribution in [2.24, 2.45) is 0 Å². The number of benzene rings is 2. The van der Waals surface area contributed by atoms with Crippen LogP contribution >= 0.6 is 15.9 Å². The van der Waals surface area contributed by atoms with Crippen LogP contribution in [0.2, 0.25) is 0 Å². The van der Waals surface area contributed by atoms with Crippen LogP contribution in [0.4, 0.5) is 11.9 Å². The van der Waals surface area contributed by atoms with E-state index in [1.54, 1.807) is 45.1 Å². The number of rotatable bonds is 6. The number of fused-ring (bicyclic) bond motifs is 2. The Morgan fingerprint density at radius 3 is 1.50 bits per heavy atom. The fraction of sp³-hybridized carbons (Fsp3) is 0.133. The highest BCUT2D eigenvalue weighted by Crippen LogP contribution is 2.30. The summed E-state index contributed by atoms with van der Waals surface area (Å²) in [5, 5.41) is 19.5. The zero-order valence-electron chi connectivity index (χ0n) is 25.2. The molecule has 0 aliphatic rings. The molecule has 4 aromatic heterocycles. The summed E-state index contributed by atoms with van der Waals surface area (Å²) in [6.07, 6.45) is 6.72. The minimum Gasteiger partial charge on any atom is -0.497 e. The molecular weight excluding hydrogens is 659 g/mol. The summed E-state index contributed by atoms with van der Waals surface area (Å²) in [5.41, 5.74) is 14.3. The topological polar surface area (TPSA) is 207 Å². The number of aromatic nitrogens is 6. The molecule has 0 saturated carbocycles. The van der Waals surface area contributed by atoms with Crippen molar-refractivity contribution in [3.63, 3.8) is 0 Å². The number of hydrogen-bond acceptors (Lipinski definition) is 14. The summed E-state index contributed by atoms with van der Waals surface area (Å²) in [6, 6.07) is 14.2. The largest absolute Gasteiger partial charge is 0.497 e. The first-order valence-corrected chi connectivity index (χ1v) is 14.2. The zero-order chi connectivity index (χ0) is 33.2. The van der Waals surface area contributed by atoms with E-state index >= 15 is 0 Å². The van der Waals surface area contributed by atoms with E-state index in [1.807, 2.05) is 30.3 Å². The van der Waals surface area contributed by atoms with Crippen LogP contribution in [0.1, 0.15) is 0 Å². The smallest absolute Gasteiger partial charge is 0.488 e. The van der Waals surface area contributed by atoms with Crippen molar-refractivity contribution in [2.75, 3.05) is 39.9 Å². The van der Waals surface area contributed by atoms with Gasteiger partial charge in [0.2, 0.25) is 11.9 Å². The SMILES string of the molecule is COc1cc(OC)cc(-c2cnc3nc(N)ncc3c2)c1.COc1cc(OC)cc(B(O)O)c1.Nc1ncc2cc(Br)cnc2n1. The standard InChI is InChI=1S/C15H14N4O2.C8H11BO4.C7H5BrN4/c1-20-12-4-9(5-13(6-12)21-2)10-3-11-8-18-15(16)19-14(11)17-7-10;1-12-7-3-6(9(10)11)4-8(5-7)13-2;8-5-1-4-2-11-7(9)12-6(4)10-3-5/h3-8H,1-2H3,(H2,16,17,18,19);3-5,10-11H,1-2H3;1-3H,(H2,9,10,11,12). The van der Waals surface area contributed by atoms with Crippen LogP contribution in [0.25, 0.3) is 33.2 Å². The molecule has 6 rings (SSSR count). The van der Waals surface area contributed by atoms with Gasteiger partial charge in [-0.15, -0.1) is 0 Å².